The number of benzene rings is 2. The van der Waals surface area contributed by atoms with Gasteiger partial charge in [-0.1, -0.05) is 22.0 Å². The number of rotatable bonds is 4. The topological polar surface area (TPSA) is 104 Å². The predicted molar refractivity (Wildman–Crippen MR) is 80.0 cm³/mol. The molecule has 0 saturated heterocycles. The Morgan fingerprint density at radius 2 is 1.86 bits per heavy atom. The Labute approximate surface area is 129 Å². The van der Waals surface area contributed by atoms with Crippen molar-refractivity contribution in [1.29, 1.82) is 0 Å². The van der Waals surface area contributed by atoms with Crippen LogP contribution < -0.4 is 4.72 Å². The first-order valence-electron chi connectivity index (χ1n) is 5.64. The lowest BCUT2D eigenvalue weighted by molar-refractivity contribution is 0.0694. The highest BCUT2D eigenvalue weighted by molar-refractivity contribution is 9.10. The average Bonchev–Trinajstić information content (AvgIpc) is 2.40. The molecule has 2 aromatic rings. The van der Waals surface area contributed by atoms with Crippen LogP contribution in [-0.4, -0.2) is 24.6 Å². The third-order valence-corrected chi connectivity index (χ3v) is 4.46. The van der Waals surface area contributed by atoms with Crippen LogP contribution in [0.25, 0.3) is 0 Å². The van der Waals surface area contributed by atoms with Gasteiger partial charge in [-0.2, -0.15) is 0 Å². The molecule has 8 heteroatoms. The summed E-state index contributed by atoms with van der Waals surface area (Å²) >= 11 is 3.18. The number of halogens is 1. The number of phenols is 1. The Kier molecular flexibility index (Phi) is 4.19. The third kappa shape index (κ3) is 3.53. The molecule has 2 rings (SSSR count). The highest BCUT2D eigenvalue weighted by atomic mass is 79.9. The van der Waals surface area contributed by atoms with Gasteiger partial charge in [0.05, 0.1) is 4.90 Å². The highest BCUT2D eigenvalue weighted by Crippen LogP contribution is 2.24. The van der Waals surface area contributed by atoms with Gasteiger partial charge in [-0.25, -0.2) is 13.2 Å². The number of carboxylic acids is 1. The summed E-state index contributed by atoms with van der Waals surface area (Å²) < 4.78 is 27.2. The molecule has 0 aliphatic carbocycles. The second-order valence-corrected chi connectivity index (χ2v) is 6.70. The summed E-state index contributed by atoms with van der Waals surface area (Å²) in [7, 11) is -3.85. The van der Waals surface area contributed by atoms with Gasteiger partial charge in [0.2, 0.25) is 0 Å². The average molecular weight is 372 g/mol. The number of aromatic carboxylic acids is 1. The summed E-state index contributed by atoms with van der Waals surface area (Å²) in [5.74, 6) is -1.79. The van der Waals surface area contributed by atoms with Crippen LogP contribution in [0.1, 0.15) is 10.4 Å². The Hall–Kier alpha value is -2.06. The largest absolute Gasteiger partial charge is 0.507 e. The van der Waals surface area contributed by atoms with E-state index in [1.807, 2.05) is 0 Å². The summed E-state index contributed by atoms with van der Waals surface area (Å²) in [6.07, 6.45) is 0. The van der Waals surface area contributed by atoms with E-state index in [1.54, 1.807) is 12.1 Å². The molecule has 0 amide bonds. The van der Waals surface area contributed by atoms with E-state index in [1.165, 1.54) is 18.2 Å². The number of carboxylic acid groups (broad SMARTS) is 1. The molecule has 0 aliphatic heterocycles. The smallest absolute Gasteiger partial charge is 0.339 e. The van der Waals surface area contributed by atoms with Crippen molar-refractivity contribution in [1.82, 2.24) is 0 Å². The fourth-order valence-corrected chi connectivity index (χ4v) is 3.26. The van der Waals surface area contributed by atoms with Crippen molar-refractivity contribution in [2.24, 2.45) is 0 Å². The zero-order chi connectivity index (χ0) is 15.6. The normalized spacial score (nSPS) is 11.1. The lowest BCUT2D eigenvalue weighted by Crippen LogP contribution is -2.13. The summed E-state index contributed by atoms with van der Waals surface area (Å²) in [6, 6.07) is 9.51. The van der Waals surface area contributed by atoms with Gasteiger partial charge >= 0.3 is 5.97 Å². The van der Waals surface area contributed by atoms with Crippen LogP contribution in [0.3, 0.4) is 0 Å². The minimum absolute atomic E-state index is 0.0295. The second kappa shape index (κ2) is 5.74. The summed E-state index contributed by atoms with van der Waals surface area (Å²) in [5, 5.41) is 18.3. The van der Waals surface area contributed by atoms with Crippen LogP contribution in [0.5, 0.6) is 5.75 Å². The van der Waals surface area contributed by atoms with Crippen molar-refractivity contribution in [3.05, 3.63) is 52.5 Å². The molecule has 0 aliphatic rings. The second-order valence-electron chi connectivity index (χ2n) is 4.10. The van der Waals surface area contributed by atoms with Gasteiger partial charge in [-0.05, 0) is 36.4 Å². The molecule has 0 heterocycles. The number of hydrogen-bond acceptors (Lipinski definition) is 4. The van der Waals surface area contributed by atoms with Gasteiger partial charge < -0.3 is 10.2 Å². The van der Waals surface area contributed by atoms with E-state index in [0.29, 0.717) is 4.47 Å². The molecular formula is C13H10BrNO5S. The first kappa shape index (κ1) is 15.3. The fraction of sp³-hybridized carbons (Fsp3) is 0. The molecule has 0 saturated carbocycles. The molecule has 6 nitrogen and oxygen atoms in total. The van der Waals surface area contributed by atoms with Crippen molar-refractivity contribution in [3.63, 3.8) is 0 Å². The number of hydrogen-bond donors (Lipinski definition) is 3. The van der Waals surface area contributed by atoms with Crippen molar-refractivity contribution in [3.8, 4) is 5.75 Å². The van der Waals surface area contributed by atoms with Crippen LogP contribution in [0, 0.1) is 0 Å². The van der Waals surface area contributed by atoms with Crippen molar-refractivity contribution < 1.29 is 23.4 Å². The Morgan fingerprint density at radius 1 is 1.14 bits per heavy atom. The summed E-state index contributed by atoms with van der Waals surface area (Å²) in [4.78, 5) is 10.9. The van der Waals surface area contributed by atoms with E-state index in [2.05, 4.69) is 20.7 Å². The molecule has 2 aromatic carbocycles. The van der Waals surface area contributed by atoms with E-state index in [4.69, 9.17) is 5.11 Å². The molecule has 3 N–H and O–H groups in total. The number of anilines is 1. The number of nitrogens with one attached hydrogen (secondary N) is 1. The molecule has 0 fully saturated rings. The van der Waals surface area contributed by atoms with Crippen LogP contribution in [0.4, 0.5) is 5.69 Å². The first-order valence-corrected chi connectivity index (χ1v) is 7.92. The Balaban J connectivity index is 2.37. The van der Waals surface area contributed by atoms with Crippen molar-refractivity contribution in [2.45, 2.75) is 4.90 Å². The highest BCUT2D eigenvalue weighted by Gasteiger charge is 2.16. The summed E-state index contributed by atoms with van der Waals surface area (Å²) in [5.41, 5.74) is -0.338. The summed E-state index contributed by atoms with van der Waals surface area (Å²) in [6.45, 7) is 0. The third-order valence-electron chi connectivity index (χ3n) is 2.59. The minimum Gasteiger partial charge on any atom is -0.507 e. The molecule has 0 atom stereocenters. The van der Waals surface area contributed by atoms with Crippen LogP contribution >= 0.6 is 15.9 Å². The lowest BCUT2D eigenvalue weighted by atomic mass is 10.2. The molecule has 0 unspecified atom stereocenters. The van der Waals surface area contributed by atoms with Crippen LogP contribution in [-0.2, 0) is 10.0 Å². The van der Waals surface area contributed by atoms with E-state index in [-0.39, 0.29) is 16.1 Å². The van der Waals surface area contributed by atoms with E-state index >= 15 is 0 Å². The van der Waals surface area contributed by atoms with Crippen LogP contribution in [0.2, 0.25) is 0 Å². The standard InChI is InChI=1S/C13H10BrNO5S/c14-8-2-1-3-10(6-8)21(19,20)15-9-4-5-12(16)11(7-9)13(17)18/h1-7,15-16H,(H,17,18). The SMILES string of the molecule is O=C(O)c1cc(NS(=O)(=O)c2cccc(Br)c2)ccc1O. The van der Waals surface area contributed by atoms with E-state index < -0.39 is 21.7 Å². The zero-order valence-corrected chi connectivity index (χ0v) is 12.8. The van der Waals surface area contributed by atoms with Crippen LogP contribution in [0.15, 0.2) is 51.8 Å². The van der Waals surface area contributed by atoms with E-state index in [9.17, 15) is 18.3 Å². The fourth-order valence-electron chi connectivity index (χ4n) is 1.62. The number of carbonyl (C=O) groups is 1. The quantitative estimate of drug-likeness (QED) is 0.716. The Bertz CT molecular complexity index is 804. The lowest BCUT2D eigenvalue weighted by Gasteiger charge is -2.09. The van der Waals surface area contributed by atoms with Gasteiger partial charge in [-0.15, -0.1) is 0 Å². The number of aromatic hydroxyl groups is 1. The maximum absolute atomic E-state index is 12.2. The Morgan fingerprint density at radius 3 is 2.48 bits per heavy atom. The van der Waals surface area contributed by atoms with Gasteiger partial charge in [0.15, 0.2) is 0 Å². The molecule has 110 valence electrons. The first-order chi connectivity index (χ1) is 9.79. The van der Waals surface area contributed by atoms with Crippen molar-refractivity contribution in [2.75, 3.05) is 4.72 Å². The molecule has 0 bridgehead atoms. The van der Waals surface area contributed by atoms with Gasteiger partial charge in [0, 0.05) is 10.2 Å². The molecular weight excluding hydrogens is 362 g/mol. The van der Waals surface area contributed by atoms with Gasteiger partial charge in [-0.3, -0.25) is 4.72 Å². The molecule has 21 heavy (non-hydrogen) atoms. The van der Waals surface area contributed by atoms with Gasteiger partial charge in [0.25, 0.3) is 10.0 Å². The monoisotopic (exact) mass is 371 g/mol. The van der Waals surface area contributed by atoms with E-state index in [0.717, 1.165) is 12.1 Å². The molecule has 0 radical (unpaired) electrons. The predicted octanol–water partition coefficient (Wildman–Crippen LogP) is 2.65. The maximum Gasteiger partial charge on any atom is 0.339 e. The molecule has 0 aromatic heterocycles. The minimum atomic E-state index is -3.85. The number of sulfonamides is 1. The molecule has 0 spiro atoms. The maximum atomic E-state index is 12.2. The van der Waals surface area contributed by atoms with Crippen molar-refractivity contribution >= 4 is 37.6 Å². The van der Waals surface area contributed by atoms with Gasteiger partial charge in [0.1, 0.15) is 11.3 Å². The zero-order valence-electron chi connectivity index (χ0n) is 10.4.